The van der Waals surface area contributed by atoms with Crippen molar-refractivity contribution in [1.82, 2.24) is 19.1 Å². The van der Waals surface area contributed by atoms with E-state index in [9.17, 15) is 9.59 Å². The minimum Gasteiger partial charge on any atom is -0.309 e. The monoisotopic (exact) mass is 322 g/mol. The van der Waals surface area contributed by atoms with Crippen LogP contribution in [0.1, 0.15) is 41.5 Å². The number of carbonyl (C=O) groups excluding carboxylic acids is 1. The Balaban J connectivity index is 1.80. The maximum atomic E-state index is 12.5. The molecule has 1 aliphatic rings. The van der Waals surface area contributed by atoms with Crippen LogP contribution in [0.4, 0.5) is 0 Å². The predicted octanol–water partition coefficient (Wildman–Crippen LogP) is 2.35. The average molecular weight is 322 g/mol. The van der Waals surface area contributed by atoms with E-state index in [-0.39, 0.29) is 23.4 Å². The standard InChI is InChI=1S/C18H18N4O2/c1-3-14-16-15(11(2)17(23)22(16)18(24)20-14)12-4-6-13(7-5-12)21-9-8-19-10-21/h4-11,15H,3H2,1-2H3,(H,20,24). The summed E-state index contributed by atoms with van der Waals surface area (Å²) in [5.74, 6) is -0.468. The number of aryl methyl sites for hydroxylation is 1. The van der Waals surface area contributed by atoms with Gasteiger partial charge in [-0.2, -0.15) is 0 Å². The largest absolute Gasteiger partial charge is 0.332 e. The Morgan fingerprint density at radius 2 is 1.96 bits per heavy atom. The third kappa shape index (κ3) is 1.99. The van der Waals surface area contributed by atoms with Crippen molar-refractivity contribution in [3.63, 3.8) is 0 Å². The van der Waals surface area contributed by atoms with E-state index < -0.39 is 0 Å². The quantitative estimate of drug-likeness (QED) is 0.804. The molecule has 1 N–H and O–H groups in total. The number of aromatic amines is 1. The molecule has 122 valence electrons. The van der Waals surface area contributed by atoms with Crippen LogP contribution >= 0.6 is 0 Å². The highest BCUT2D eigenvalue weighted by Gasteiger charge is 2.41. The van der Waals surface area contributed by atoms with Gasteiger partial charge >= 0.3 is 5.69 Å². The van der Waals surface area contributed by atoms with Crippen LogP contribution in [0.15, 0.2) is 47.8 Å². The summed E-state index contributed by atoms with van der Waals surface area (Å²) in [7, 11) is 0. The number of H-pyrrole nitrogens is 1. The van der Waals surface area contributed by atoms with Crippen molar-refractivity contribution in [2.24, 2.45) is 5.92 Å². The average Bonchev–Trinajstić information content (AvgIpc) is 3.28. The molecule has 1 aliphatic heterocycles. The summed E-state index contributed by atoms with van der Waals surface area (Å²) in [5, 5.41) is 0. The summed E-state index contributed by atoms with van der Waals surface area (Å²) in [6.45, 7) is 3.88. The first-order chi connectivity index (χ1) is 11.6. The number of hydrogen-bond acceptors (Lipinski definition) is 3. The van der Waals surface area contributed by atoms with Gasteiger partial charge in [0.2, 0.25) is 5.91 Å². The summed E-state index contributed by atoms with van der Waals surface area (Å²) >= 11 is 0. The van der Waals surface area contributed by atoms with Crippen LogP contribution in [0, 0.1) is 5.92 Å². The van der Waals surface area contributed by atoms with Crippen molar-refractivity contribution in [2.45, 2.75) is 26.2 Å². The van der Waals surface area contributed by atoms with Crippen molar-refractivity contribution in [1.29, 1.82) is 0 Å². The lowest BCUT2D eigenvalue weighted by Crippen LogP contribution is -2.24. The molecule has 6 nitrogen and oxygen atoms in total. The van der Waals surface area contributed by atoms with Gasteiger partial charge in [-0.1, -0.05) is 26.0 Å². The molecule has 2 unspecified atom stereocenters. The number of carbonyl (C=O) groups is 1. The van der Waals surface area contributed by atoms with Gasteiger partial charge in [0, 0.05) is 35.6 Å². The highest BCUT2D eigenvalue weighted by Crippen LogP contribution is 2.39. The smallest absolute Gasteiger partial charge is 0.309 e. The minimum atomic E-state index is -0.323. The number of rotatable bonds is 3. The molecule has 0 aliphatic carbocycles. The highest BCUT2D eigenvalue weighted by atomic mass is 16.2. The lowest BCUT2D eigenvalue weighted by Gasteiger charge is -2.16. The molecule has 3 heterocycles. The SMILES string of the molecule is CCc1[nH]c(=O)n2c1C(c1ccc(-n3ccnc3)cc1)C(C)C2=O. The van der Waals surface area contributed by atoms with E-state index in [1.54, 1.807) is 12.5 Å². The Hall–Kier alpha value is -2.89. The number of benzene rings is 1. The normalized spacial score (nSPS) is 19.7. The predicted molar refractivity (Wildman–Crippen MR) is 89.6 cm³/mol. The zero-order valence-corrected chi connectivity index (χ0v) is 13.6. The minimum absolute atomic E-state index is 0.0942. The van der Waals surface area contributed by atoms with Gasteiger partial charge in [-0.15, -0.1) is 0 Å². The van der Waals surface area contributed by atoms with Gasteiger partial charge in [-0.05, 0) is 24.1 Å². The number of hydrogen-bond donors (Lipinski definition) is 1. The van der Waals surface area contributed by atoms with Crippen LogP contribution in [-0.2, 0) is 6.42 Å². The molecule has 2 atom stereocenters. The van der Waals surface area contributed by atoms with Crippen molar-refractivity contribution in [2.75, 3.05) is 0 Å². The number of fused-ring (bicyclic) bond motifs is 1. The first-order valence-electron chi connectivity index (χ1n) is 8.08. The third-order valence-electron chi connectivity index (χ3n) is 4.82. The summed E-state index contributed by atoms with van der Waals surface area (Å²) < 4.78 is 3.24. The van der Waals surface area contributed by atoms with Crippen LogP contribution in [0.5, 0.6) is 0 Å². The Kier molecular flexibility index (Phi) is 3.26. The van der Waals surface area contributed by atoms with E-state index in [1.165, 1.54) is 4.57 Å². The molecule has 0 radical (unpaired) electrons. The Morgan fingerprint density at radius 1 is 1.21 bits per heavy atom. The van der Waals surface area contributed by atoms with Gasteiger partial charge < -0.3 is 9.55 Å². The summed E-state index contributed by atoms with van der Waals surface area (Å²) in [5.41, 5.74) is 3.39. The summed E-state index contributed by atoms with van der Waals surface area (Å²) in [6.07, 6.45) is 6.06. The molecule has 6 heteroatoms. The molecule has 0 spiro atoms. The molecule has 3 aromatic rings. The van der Waals surface area contributed by atoms with E-state index in [1.807, 2.05) is 48.9 Å². The molecule has 24 heavy (non-hydrogen) atoms. The van der Waals surface area contributed by atoms with E-state index in [0.29, 0.717) is 6.42 Å². The van der Waals surface area contributed by atoms with Crippen LogP contribution in [-0.4, -0.2) is 25.0 Å². The number of aromatic nitrogens is 4. The van der Waals surface area contributed by atoms with Crippen LogP contribution < -0.4 is 5.69 Å². The van der Waals surface area contributed by atoms with E-state index >= 15 is 0 Å². The van der Waals surface area contributed by atoms with Gasteiger partial charge in [-0.25, -0.2) is 14.3 Å². The van der Waals surface area contributed by atoms with E-state index in [2.05, 4.69) is 9.97 Å². The fourth-order valence-electron chi connectivity index (χ4n) is 3.60. The second-order valence-corrected chi connectivity index (χ2v) is 6.15. The first-order valence-corrected chi connectivity index (χ1v) is 8.08. The van der Waals surface area contributed by atoms with E-state index in [0.717, 1.165) is 22.6 Å². The molecule has 2 aromatic heterocycles. The molecular formula is C18H18N4O2. The second-order valence-electron chi connectivity index (χ2n) is 6.15. The molecular weight excluding hydrogens is 304 g/mol. The molecule has 1 aromatic carbocycles. The summed E-state index contributed by atoms with van der Waals surface area (Å²) in [6, 6.07) is 8.06. The van der Waals surface area contributed by atoms with Gasteiger partial charge in [0.05, 0.1) is 12.0 Å². The van der Waals surface area contributed by atoms with Crippen molar-refractivity contribution >= 4 is 5.91 Å². The van der Waals surface area contributed by atoms with Crippen LogP contribution in [0.25, 0.3) is 5.69 Å². The lowest BCUT2D eigenvalue weighted by atomic mass is 9.86. The number of nitrogens with zero attached hydrogens (tertiary/aromatic N) is 3. The lowest BCUT2D eigenvalue weighted by molar-refractivity contribution is 0.0865. The van der Waals surface area contributed by atoms with Crippen molar-refractivity contribution < 1.29 is 4.79 Å². The Morgan fingerprint density at radius 3 is 2.58 bits per heavy atom. The van der Waals surface area contributed by atoms with Crippen molar-refractivity contribution in [3.05, 3.63) is 70.4 Å². The fourth-order valence-corrected chi connectivity index (χ4v) is 3.60. The topological polar surface area (TPSA) is 72.7 Å². The molecule has 0 saturated heterocycles. The van der Waals surface area contributed by atoms with Gasteiger partial charge in [0.1, 0.15) is 0 Å². The van der Waals surface area contributed by atoms with Crippen LogP contribution in [0.3, 0.4) is 0 Å². The van der Waals surface area contributed by atoms with Gasteiger partial charge in [0.15, 0.2) is 0 Å². The Bertz CT molecular complexity index is 948. The fraction of sp³-hybridized carbons (Fsp3) is 0.278. The highest BCUT2D eigenvalue weighted by molar-refractivity contribution is 5.87. The zero-order chi connectivity index (χ0) is 16.8. The van der Waals surface area contributed by atoms with E-state index in [4.69, 9.17) is 0 Å². The molecule has 4 rings (SSSR count). The molecule has 0 amide bonds. The Labute approximate surface area is 138 Å². The second kappa shape index (κ2) is 5.33. The zero-order valence-electron chi connectivity index (χ0n) is 13.6. The maximum absolute atomic E-state index is 12.5. The molecule has 0 bridgehead atoms. The number of nitrogens with one attached hydrogen (secondary N) is 1. The van der Waals surface area contributed by atoms with Crippen LogP contribution in [0.2, 0.25) is 0 Å². The number of imidazole rings is 2. The molecule has 0 saturated carbocycles. The summed E-state index contributed by atoms with van der Waals surface area (Å²) in [4.78, 5) is 31.5. The van der Waals surface area contributed by atoms with Gasteiger partial charge in [0.25, 0.3) is 0 Å². The van der Waals surface area contributed by atoms with Crippen molar-refractivity contribution in [3.8, 4) is 5.69 Å². The maximum Gasteiger partial charge on any atom is 0.332 e. The molecule has 0 fully saturated rings. The third-order valence-corrected chi connectivity index (χ3v) is 4.82. The van der Waals surface area contributed by atoms with Gasteiger partial charge in [-0.3, -0.25) is 4.79 Å². The first kappa shape index (κ1) is 14.7.